The van der Waals surface area contributed by atoms with Gasteiger partial charge in [0.25, 0.3) is 0 Å². The van der Waals surface area contributed by atoms with Gasteiger partial charge >= 0.3 is 0 Å². The van der Waals surface area contributed by atoms with E-state index in [4.69, 9.17) is 0 Å². The molecule has 4 rings (SSSR count). The number of nitrogens with zero attached hydrogens (tertiary/aromatic N) is 5. The number of hydrogen-bond donors (Lipinski definition) is 0. The Kier molecular flexibility index (Phi) is 1.77. The standard InChI is InChI=1S/C13H9N5/c1-2-10(12-16-5-8-17(12)7-1)13-15-4-3-11-14-6-9-18(11)13/h1-9H. The van der Waals surface area contributed by atoms with E-state index >= 15 is 0 Å². The van der Waals surface area contributed by atoms with Gasteiger partial charge in [-0.3, -0.25) is 4.40 Å². The zero-order chi connectivity index (χ0) is 11.9. The molecule has 4 aromatic heterocycles. The van der Waals surface area contributed by atoms with E-state index in [1.807, 2.05) is 45.6 Å². The highest BCUT2D eigenvalue weighted by molar-refractivity contribution is 5.74. The number of hydrogen-bond acceptors (Lipinski definition) is 3. The van der Waals surface area contributed by atoms with E-state index in [0.29, 0.717) is 0 Å². The summed E-state index contributed by atoms with van der Waals surface area (Å²) in [6, 6.07) is 5.89. The van der Waals surface area contributed by atoms with Gasteiger partial charge in [-0.15, -0.1) is 0 Å². The Morgan fingerprint density at radius 3 is 2.78 bits per heavy atom. The summed E-state index contributed by atoms with van der Waals surface area (Å²) in [5, 5.41) is 0. The molecule has 0 radical (unpaired) electrons. The van der Waals surface area contributed by atoms with Gasteiger partial charge in [0.1, 0.15) is 17.1 Å². The van der Waals surface area contributed by atoms with E-state index in [-0.39, 0.29) is 0 Å². The Bertz CT molecular complexity index is 770. The maximum absolute atomic E-state index is 4.45. The van der Waals surface area contributed by atoms with Crippen LogP contribution in [0.25, 0.3) is 22.7 Å². The van der Waals surface area contributed by atoms with Crippen molar-refractivity contribution in [3.05, 3.63) is 55.4 Å². The van der Waals surface area contributed by atoms with Gasteiger partial charge < -0.3 is 4.40 Å². The third-order valence-corrected chi connectivity index (χ3v) is 2.98. The highest BCUT2D eigenvalue weighted by Crippen LogP contribution is 2.21. The average Bonchev–Trinajstić information content (AvgIpc) is 3.06. The largest absolute Gasteiger partial charge is 0.307 e. The van der Waals surface area contributed by atoms with Crippen molar-refractivity contribution in [1.29, 1.82) is 0 Å². The van der Waals surface area contributed by atoms with Crippen LogP contribution in [0.1, 0.15) is 0 Å². The second-order valence-corrected chi connectivity index (χ2v) is 4.00. The molecule has 0 spiro atoms. The minimum atomic E-state index is 0.849. The van der Waals surface area contributed by atoms with Crippen LogP contribution >= 0.6 is 0 Å². The van der Waals surface area contributed by atoms with Crippen molar-refractivity contribution in [3.8, 4) is 11.4 Å². The maximum Gasteiger partial charge on any atom is 0.149 e. The first kappa shape index (κ1) is 9.35. The maximum atomic E-state index is 4.45. The van der Waals surface area contributed by atoms with E-state index in [2.05, 4.69) is 15.0 Å². The smallest absolute Gasteiger partial charge is 0.149 e. The lowest BCUT2D eigenvalue weighted by Crippen LogP contribution is -1.96. The highest BCUT2D eigenvalue weighted by Gasteiger charge is 2.09. The van der Waals surface area contributed by atoms with Crippen LogP contribution in [0.2, 0.25) is 0 Å². The van der Waals surface area contributed by atoms with Gasteiger partial charge in [-0.05, 0) is 18.2 Å². The van der Waals surface area contributed by atoms with Crippen molar-refractivity contribution >= 4 is 11.3 Å². The number of imidazole rings is 2. The number of fused-ring (bicyclic) bond motifs is 2. The van der Waals surface area contributed by atoms with Crippen molar-refractivity contribution in [1.82, 2.24) is 23.8 Å². The summed E-state index contributed by atoms with van der Waals surface area (Å²) in [5.74, 6) is 0.849. The Morgan fingerprint density at radius 1 is 0.833 bits per heavy atom. The minimum absolute atomic E-state index is 0.849. The molecule has 18 heavy (non-hydrogen) atoms. The molecule has 0 saturated heterocycles. The molecule has 0 atom stereocenters. The quantitative estimate of drug-likeness (QED) is 0.507. The third kappa shape index (κ3) is 1.18. The molecule has 0 bridgehead atoms. The van der Waals surface area contributed by atoms with E-state index in [9.17, 15) is 0 Å². The van der Waals surface area contributed by atoms with Gasteiger partial charge in [0, 0.05) is 37.2 Å². The predicted octanol–water partition coefficient (Wildman–Crippen LogP) is 2.04. The molecule has 86 valence electrons. The lowest BCUT2D eigenvalue weighted by molar-refractivity contribution is 1.09. The molecule has 0 aliphatic rings. The lowest BCUT2D eigenvalue weighted by Gasteiger charge is -2.05. The first-order valence-electron chi connectivity index (χ1n) is 5.63. The van der Waals surface area contributed by atoms with Gasteiger partial charge in [0.2, 0.25) is 0 Å². The zero-order valence-electron chi connectivity index (χ0n) is 9.43. The second kappa shape index (κ2) is 3.40. The van der Waals surface area contributed by atoms with E-state index in [1.54, 1.807) is 18.6 Å². The summed E-state index contributed by atoms with van der Waals surface area (Å²) in [5.41, 5.74) is 2.77. The van der Waals surface area contributed by atoms with Crippen molar-refractivity contribution in [2.24, 2.45) is 0 Å². The zero-order valence-corrected chi connectivity index (χ0v) is 9.43. The molecular weight excluding hydrogens is 226 g/mol. The SMILES string of the molecule is c1cc(-c2nccc3nccn23)c2nccn2c1. The van der Waals surface area contributed by atoms with E-state index < -0.39 is 0 Å². The number of rotatable bonds is 1. The van der Waals surface area contributed by atoms with E-state index in [1.165, 1.54) is 0 Å². The van der Waals surface area contributed by atoms with Crippen LogP contribution in [-0.4, -0.2) is 23.8 Å². The van der Waals surface area contributed by atoms with Crippen molar-refractivity contribution in [3.63, 3.8) is 0 Å². The molecule has 0 amide bonds. The molecular formula is C13H9N5. The lowest BCUT2D eigenvalue weighted by atomic mass is 10.2. The molecule has 0 unspecified atom stereocenters. The van der Waals surface area contributed by atoms with Crippen LogP contribution in [-0.2, 0) is 0 Å². The van der Waals surface area contributed by atoms with Crippen LogP contribution in [0, 0.1) is 0 Å². The van der Waals surface area contributed by atoms with Gasteiger partial charge in [-0.1, -0.05) is 0 Å². The van der Waals surface area contributed by atoms with Gasteiger partial charge in [-0.25, -0.2) is 15.0 Å². The van der Waals surface area contributed by atoms with Gasteiger partial charge in [-0.2, -0.15) is 0 Å². The Morgan fingerprint density at radius 2 is 1.78 bits per heavy atom. The Labute approximate surface area is 102 Å². The minimum Gasteiger partial charge on any atom is -0.307 e. The van der Waals surface area contributed by atoms with Crippen molar-refractivity contribution in [2.75, 3.05) is 0 Å². The average molecular weight is 235 g/mol. The van der Waals surface area contributed by atoms with Crippen LogP contribution < -0.4 is 0 Å². The fraction of sp³-hybridized carbons (Fsp3) is 0. The molecule has 5 nitrogen and oxygen atoms in total. The molecule has 4 heterocycles. The summed E-state index contributed by atoms with van der Waals surface area (Å²) in [7, 11) is 0. The van der Waals surface area contributed by atoms with Gasteiger partial charge in [0.05, 0.1) is 5.56 Å². The van der Waals surface area contributed by atoms with Crippen molar-refractivity contribution < 1.29 is 0 Å². The van der Waals surface area contributed by atoms with E-state index in [0.717, 1.165) is 22.7 Å². The predicted molar refractivity (Wildman–Crippen MR) is 67.2 cm³/mol. The van der Waals surface area contributed by atoms with Crippen LogP contribution in [0.4, 0.5) is 0 Å². The number of pyridine rings is 1. The molecule has 0 aromatic carbocycles. The van der Waals surface area contributed by atoms with Crippen molar-refractivity contribution in [2.45, 2.75) is 0 Å². The van der Waals surface area contributed by atoms with Gasteiger partial charge in [0.15, 0.2) is 0 Å². The molecule has 4 aromatic rings. The molecule has 0 N–H and O–H groups in total. The molecule has 0 aliphatic carbocycles. The normalized spacial score (nSPS) is 11.3. The summed E-state index contributed by atoms with van der Waals surface area (Å²) < 4.78 is 3.94. The fourth-order valence-electron chi connectivity index (χ4n) is 2.18. The highest BCUT2D eigenvalue weighted by atomic mass is 15.1. The molecule has 5 heteroatoms. The molecule has 0 fully saturated rings. The Balaban J connectivity index is 2.13. The third-order valence-electron chi connectivity index (χ3n) is 2.98. The fourth-order valence-corrected chi connectivity index (χ4v) is 2.18. The van der Waals surface area contributed by atoms with Crippen LogP contribution in [0.3, 0.4) is 0 Å². The van der Waals surface area contributed by atoms with Crippen LogP contribution in [0.15, 0.2) is 55.4 Å². The summed E-state index contributed by atoms with van der Waals surface area (Å²) in [6.45, 7) is 0. The monoisotopic (exact) mass is 235 g/mol. The summed E-state index contributed by atoms with van der Waals surface area (Å²) in [6.07, 6.45) is 11.1. The first-order chi connectivity index (χ1) is 8.93. The summed E-state index contributed by atoms with van der Waals surface area (Å²) in [4.78, 5) is 13.1. The van der Waals surface area contributed by atoms with Crippen LogP contribution in [0.5, 0.6) is 0 Å². The first-order valence-corrected chi connectivity index (χ1v) is 5.63. The Hall–Kier alpha value is -2.69. The molecule has 0 aliphatic heterocycles. The number of aromatic nitrogens is 5. The topological polar surface area (TPSA) is 47.5 Å². The summed E-state index contributed by atoms with van der Waals surface area (Å²) >= 11 is 0. The second-order valence-electron chi connectivity index (χ2n) is 4.00. The molecule has 0 saturated carbocycles.